The molecule has 4 aromatic rings. The number of sulfonamides is 1. The summed E-state index contributed by atoms with van der Waals surface area (Å²) in [5.41, 5.74) is 6.24. The average Bonchev–Trinajstić information content (AvgIpc) is 3.10. The second-order valence-electron chi connectivity index (χ2n) is 9.83. The van der Waals surface area contributed by atoms with Gasteiger partial charge in [0.2, 0.25) is 0 Å². The van der Waals surface area contributed by atoms with E-state index in [0.29, 0.717) is 11.5 Å². The Morgan fingerprint density at radius 3 is 2.56 bits per heavy atom. The van der Waals surface area contributed by atoms with Gasteiger partial charge in [0.1, 0.15) is 0 Å². The van der Waals surface area contributed by atoms with E-state index in [1.165, 1.54) is 61.1 Å². The summed E-state index contributed by atoms with van der Waals surface area (Å²) in [4.78, 5) is 17.9. The van der Waals surface area contributed by atoms with E-state index in [4.69, 9.17) is 4.98 Å². The third-order valence-corrected chi connectivity index (χ3v) is 8.95. The first-order valence-corrected chi connectivity index (χ1v) is 14.2. The minimum Gasteiger partial charge on any atom is -0.340 e. The van der Waals surface area contributed by atoms with Gasteiger partial charge in [-0.05, 0) is 73.6 Å². The second kappa shape index (κ2) is 9.21. The molecule has 3 heterocycles. The van der Waals surface area contributed by atoms with Gasteiger partial charge in [-0.15, -0.1) is 0 Å². The Hall–Kier alpha value is -3.45. The van der Waals surface area contributed by atoms with Gasteiger partial charge in [0.15, 0.2) is 0 Å². The van der Waals surface area contributed by atoms with E-state index in [1.807, 2.05) is 24.4 Å². The predicted molar refractivity (Wildman–Crippen MR) is 140 cm³/mol. The highest BCUT2D eigenvalue weighted by molar-refractivity contribution is 7.90. The van der Waals surface area contributed by atoms with E-state index < -0.39 is 15.9 Å². The van der Waals surface area contributed by atoms with Crippen LogP contribution in [0.3, 0.4) is 0 Å². The van der Waals surface area contributed by atoms with E-state index in [2.05, 4.69) is 15.4 Å². The highest BCUT2D eigenvalue weighted by Gasteiger charge is 2.29. The summed E-state index contributed by atoms with van der Waals surface area (Å²) in [6.07, 6.45) is 9.82. The quantitative estimate of drug-likeness (QED) is 0.384. The fourth-order valence-electron chi connectivity index (χ4n) is 5.94. The Morgan fingerprint density at radius 1 is 0.944 bits per heavy atom. The van der Waals surface area contributed by atoms with Crippen molar-refractivity contribution in [2.45, 2.75) is 62.3 Å². The van der Waals surface area contributed by atoms with Crippen LogP contribution in [0.2, 0.25) is 0 Å². The van der Waals surface area contributed by atoms with Crippen LogP contribution in [0.4, 0.5) is 0 Å². The number of nitrogens with one attached hydrogen (secondary N) is 1. The smallest absolute Gasteiger partial charge is 0.265 e. The lowest BCUT2D eigenvalue weighted by Gasteiger charge is -2.23. The lowest BCUT2D eigenvalue weighted by atomic mass is 9.81. The lowest BCUT2D eigenvalue weighted by molar-refractivity contribution is 0.0981. The molecule has 7 heteroatoms. The molecule has 6 rings (SSSR count). The SMILES string of the molecule is O=C(NS(=O)(=O)c1ccccc1)c1ccc2c(C3CCCCC3)c3n(c2c1)CCCc1ncccc1-3. The number of rotatable bonds is 4. The Labute approximate surface area is 211 Å². The first-order chi connectivity index (χ1) is 17.5. The molecule has 2 aliphatic rings. The third-order valence-electron chi connectivity index (χ3n) is 7.60. The zero-order valence-electron chi connectivity index (χ0n) is 20.1. The molecule has 6 nitrogen and oxygen atoms in total. The third kappa shape index (κ3) is 4.01. The van der Waals surface area contributed by atoms with Crippen molar-refractivity contribution >= 4 is 26.8 Å². The number of carbonyl (C=O) groups excluding carboxylic acids is 1. The van der Waals surface area contributed by atoms with Crippen molar-refractivity contribution < 1.29 is 13.2 Å². The van der Waals surface area contributed by atoms with E-state index >= 15 is 0 Å². The fraction of sp³-hybridized carbons (Fsp3) is 0.310. The van der Waals surface area contributed by atoms with E-state index in [0.717, 1.165) is 36.0 Å². The minimum absolute atomic E-state index is 0.0691. The second-order valence-corrected chi connectivity index (χ2v) is 11.5. The molecule has 0 unspecified atom stereocenters. The molecule has 1 aliphatic heterocycles. The number of amides is 1. The standard InChI is InChI=1S/C29H29N3O3S/c33-29(31-36(34,35)22-11-5-2-6-12-22)21-15-16-24-26(19-21)32-18-8-14-25-23(13-7-17-30-25)28(32)27(24)20-9-3-1-4-10-20/h2,5-7,11-13,15-17,19-20H,1,3-4,8-10,14,18H2,(H,31,33). The van der Waals surface area contributed by atoms with Crippen LogP contribution >= 0.6 is 0 Å². The van der Waals surface area contributed by atoms with Gasteiger partial charge in [0, 0.05) is 40.5 Å². The number of carbonyl (C=O) groups is 1. The van der Waals surface area contributed by atoms with Gasteiger partial charge in [-0.1, -0.05) is 43.5 Å². The van der Waals surface area contributed by atoms with Crippen molar-refractivity contribution in [2.24, 2.45) is 0 Å². The Morgan fingerprint density at radius 2 is 1.75 bits per heavy atom. The van der Waals surface area contributed by atoms with Crippen molar-refractivity contribution in [1.82, 2.24) is 14.3 Å². The summed E-state index contributed by atoms with van der Waals surface area (Å²) in [6.45, 7) is 0.836. The molecule has 1 N–H and O–H groups in total. The summed E-state index contributed by atoms with van der Waals surface area (Å²) in [6, 6.07) is 17.8. The van der Waals surface area contributed by atoms with Crippen molar-refractivity contribution in [1.29, 1.82) is 0 Å². The number of hydrogen-bond donors (Lipinski definition) is 1. The summed E-state index contributed by atoms with van der Waals surface area (Å²) >= 11 is 0. The predicted octanol–water partition coefficient (Wildman–Crippen LogP) is 5.82. The minimum atomic E-state index is -3.95. The molecule has 0 atom stereocenters. The maximum absolute atomic E-state index is 13.1. The molecule has 0 bridgehead atoms. The number of pyridine rings is 1. The molecule has 2 aromatic carbocycles. The fourth-order valence-corrected chi connectivity index (χ4v) is 6.94. The number of fused-ring (bicyclic) bond motifs is 5. The maximum Gasteiger partial charge on any atom is 0.265 e. The summed E-state index contributed by atoms with van der Waals surface area (Å²) in [5, 5.41) is 1.16. The largest absolute Gasteiger partial charge is 0.340 e. The van der Waals surface area contributed by atoms with Crippen LogP contribution in [0, 0.1) is 0 Å². The van der Waals surface area contributed by atoms with Crippen molar-refractivity contribution in [3.05, 3.63) is 83.7 Å². The van der Waals surface area contributed by atoms with Crippen LogP contribution in [0.25, 0.3) is 22.2 Å². The topological polar surface area (TPSA) is 81.1 Å². The molecule has 184 valence electrons. The van der Waals surface area contributed by atoms with Crippen LogP contribution in [-0.2, 0) is 23.0 Å². The normalized spacial score (nSPS) is 16.2. The van der Waals surface area contributed by atoms with Gasteiger partial charge in [-0.25, -0.2) is 13.1 Å². The highest BCUT2D eigenvalue weighted by atomic mass is 32.2. The van der Waals surface area contributed by atoms with Crippen LogP contribution in [0.5, 0.6) is 0 Å². The van der Waals surface area contributed by atoms with Gasteiger partial charge in [0.05, 0.1) is 10.6 Å². The highest BCUT2D eigenvalue weighted by Crippen LogP contribution is 2.45. The molecule has 1 saturated carbocycles. The van der Waals surface area contributed by atoms with Gasteiger partial charge < -0.3 is 4.57 Å². The number of nitrogens with zero attached hydrogens (tertiary/aromatic N) is 2. The molecule has 1 amide bonds. The molecule has 1 fully saturated rings. The van der Waals surface area contributed by atoms with Crippen LogP contribution < -0.4 is 4.72 Å². The van der Waals surface area contributed by atoms with Gasteiger partial charge in [-0.2, -0.15) is 0 Å². The first kappa shape index (κ1) is 23.0. The summed E-state index contributed by atoms with van der Waals surface area (Å²) in [7, 11) is -3.95. The van der Waals surface area contributed by atoms with Crippen molar-refractivity contribution in [3.8, 4) is 11.3 Å². The van der Waals surface area contributed by atoms with Crippen LogP contribution in [0.1, 0.15) is 66.1 Å². The average molecular weight is 500 g/mol. The molecule has 0 radical (unpaired) electrons. The number of benzene rings is 2. The molecule has 36 heavy (non-hydrogen) atoms. The van der Waals surface area contributed by atoms with Crippen LogP contribution in [0.15, 0.2) is 71.8 Å². The number of aryl methyl sites for hydroxylation is 2. The van der Waals surface area contributed by atoms with Crippen molar-refractivity contribution in [2.75, 3.05) is 0 Å². The van der Waals surface area contributed by atoms with Gasteiger partial charge in [-0.3, -0.25) is 9.78 Å². The van der Waals surface area contributed by atoms with E-state index in [1.54, 1.807) is 24.3 Å². The molecule has 1 aliphatic carbocycles. The molecular formula is C29H29N3O3S. The maximum atomic E-state index is 13.1. The van der Waals surface area contributed by atoms with Crippen LogP contribution in [-0.4, -0.2) is 23.9 Å². The first-order valence-electron chi connectivity index (χ1n) is 12.8. The van der Waals surface area contributed by atoms with Crippen molar-refractivity contribution in [3.63, 3.8) is 0 Å². The molecule has 0 spiro atoms. The van der Waals surface area contributed by atoms with Gasteiger partial charge >= 0.3 is 0 Å². The zero-order chi connectivity index (χ0) is 24.7. The molecule has 0 saturated heterocycles. The van der Waals surface area contributed by atoms with E-state index in [-0.39, 0.29) is 4.90 Å². The zero-order valence-corrected chi connectivity index (χ0v) is 20.9. The lowest BCUT2D eigenvalue weighted by Crippen LogP contribution is -2.30. The van der Waals surface area contributed by atoms with E-state index in [9.17, 15) is 13.2 Å². The Bertz CT molecular complexity index is 1550. The molecular weight excluding hydrogens is 470 g/mol. The summed E-state index contributed by atoms with van der Waals surface area (Å²) < 4.78 is 30.1. The summed E-state index contributed by atoms with van der Waals surface area (Å²) in [5.74, 6) is -0.145. The van der Waals surface area contributed by atoms with Gasteiger partial charge in [0.25, 0.3) is 15.9 Å². The Kier molecular flexibility index (Phi) is 5.88. The number of aromatic nitrogens is 2. The Balaban J connectivity index is 1.48. The monoisotopic (exact) mass is 499 g/mol. The number of hydrogen-bond acceptors (Lipinski definition) is 4. The molecule has 2 aromatic heterocycles.